The number of aromatic nitrogens is 1. The summed E-state index contributed by atoms with van der Waals surface area (Å²) in [6.45, 7) is 5.81. The molecule has 5 rings (SSSR count). The maximum atomic E-state index is 13.2. The van der Waals surface area contributed by atoms with Gasteiger partial charge in [-0.1, -0.05) is 29.0 Å². The molecule has 1 atom stereocenters. The second-order valence-electron chi connectivity index (χ2n) is 8.13. The van der Waals surface area contributed by atoms with Gasteiger partial charge in [0.05, 0.1) is 15.1 Å². The normalized spacial score (nSPS) is 19.3. The average Bonchev–Trinajstić information content (AvgIpc) is 3.42. The molecule has 3 aromatic rings. The highest BCUT2D eigenvalue weighted by Crippen LogP contribution is 2.35. The highest BCUT2D eigenvalue weighted by Gasteiger charge is 2.39. The number of benzene rings is 2. The lowest BCUT2D eigenvalue weighted by Gasteiger charge is -2.21. The van der Waals surface area contributed by atoms with E-state index in [2.05, 4.69) is 4.99 Å². The zero-order valence-electron chi connectivity index (χ0n) is 18.5. The average molecular weight is 488 g/mol. The fourth-order valence-electron chi connectivity index (χ4n) is 4.29. The van der Waals surface area contributed by atoms with Gasteiger partial charge in [-0.05, 0) is 38.8 Å². The molecular weight excluding hydrogens is 462 g/mol. The summed E-state index contributed by atoms with van der Waals surface area (Å²) >= 11 is 1.39. The summed E-state index contributed by atoms with van der Waals surface area (Å²) in [5.41, 5.74) is 1.89. The number of thiazole rings is 1. The van der Waals surface area contributed by atoms with E-state index in [-0.39, 0.29) is 4.90 Å². The van der Waals surface area contributed by atoms with Gasteiger partial charge in [0.2, 0.25) is 10.0 Å². The van der Waals surface area contributed by atoms with Crippen molar-refractivity contribution >= 4 is 37.5 Å². The van der Waals surface area contributed by atoms with Crippen LogP contribution in [0.1, 0.15) is 25.3 Å². The van der Waals surface area contributed by atoms with E-state index in [9.17, 15) is 13.2 Å². The third kappa shape index (κ3) is 3.96. The summed E-state index contributed by atoms with van der Waals surface area (Å²) < 4.78 is 42.0. The molecule has 1 unspecified atom stereocenters. The van der Waals surface area contributed by atoms with E-state index in [1.807, 2.05) is 30.5 Å². The van der Waals surface area contributed by atoms with Crippen molar-refractivity contribution in [1.29, 1.82) is 0 Å². The molecule has 1 amide bonds. The smallest absolute Gasteiger partial charge is 0.266 e. The van der Waals surface area contributed by atoms with Gasteiger partial charge >= 0.3 is 0 Å². The van der Waals surface area contributed by atoms with Crippen LogP contribution in [0.25, 0.3) is 10.2 Å². The van der Waals surface area contributed by atoms with Crippen molar-refractivity contribution in [3.63, 3.8) is 0 Å². The van der Waals surface area contributed by atoms with Crippen LogP contribution in [0.4, 0.5) is 0 Å². The molecule has 0 bridgehead atoms. The molecule has 2 aliphatic rings. The molecule has 0 aliphatic carbocycles. The van der Waals surface area contributed by atoms with Gasteiger partial charge in [0.25, 0.3) is 5.91 Å². The highest BCUT2D eigenvalue weighted by molar-refractivity contribution is 7.89. The third-order valence-electron chi connectivity index (χ3n) is 5.99. The molecule has 10 heteroatoms. The molecule has 1 saturated heterocycles. The van der Waals surface area contributed by atoms with E-state index >= 15 is 0 Å². The summed E-state index contributed by atoms with van der Waals surface area (Å²) in [6.07, 6.45) is 1.08. The van der Waals surface area contributed by atoms with E-state index in [4.69, 9.17) is 9.47 Å². The molecule has 3 heterocycles. The number of carbonyl (C=O) groups excluding carboxylic acids is 1. The zero-order chi connectivity index (χ0) is 23.2. The van der Waals surface area contributed by atoms with Crippen LogP contribution in [-0.2, 0) is 21.4 Å². The Hall–Kier alpha value is -2.69. The van der Waals surface area contributed by atoms with Gasteiger partial charge in [-0.2, -0.15) is 9.30 Å². The second kappa shape index (κ2) is 8.58. The minimum Gasteiger partial charge on any atom is -0.486 e. The van der Waals surface area contributed by atoms with Gasteiger partial charge in [-0.25, -0.2) is 8.42 Å². The van der Waals surface area contributed by atoms with Crippen LogP contribution in [0, 0.1) is 6.92 Å². The predicted molar refractivity (Wildman–Crippen MR) is 125 cm³/mol. The van der Waals surface area contributed by atoms with Crippen molar-refractivity contribution in [1.82, 2.24) is 8.87 Å². The molecule has 33 heavy (non-hydrogen) atoms. The van der Waals surface area contributed by atoms with Gasteiger partial charge < -0.3 is 14.0 Å². The Bertz CT molecular complexity index is 1390. The minimum absolute atomic E-state index is 0.198. The van der Waals surface area contributed by atoms with Crippen molar-refractivity contribution in [2.75, 3.05) is 19.8 Å². The SMILES string of the molecule is CCn1c(=NC(=O)C2CCCN2S(=O)(=O)c2ccc(C)cc2)sc2cc3c(cc21)OCCO3. The number of hydrogen-bond donors (Lipinski definition) is 0. The lowest BCUT2D eigenvalue weighted by molar-refractivity contribution is -0.121. The number of aryl methyl sites for hydroxylation is 2. The van der Waals surface area contributed by atoms with Gasteiger partial charge in [0, 0.05) is 25.2 Å². The maximum Gasteiger partial charge on any atom is 0.266 e. The molecule has 1 fully saturated rings. The number of rotatable bonds is 4. The summed E-state index contributed by atoms with van der Waals surface area (Å²) in [7, 11) is -3.78. The first kappa shape index (κ1) is 22.1. The second-order valence-corrected chi connectivity index (χ2v) is 11.0. The Morgan fingerprint density at radius 2 is 1.85 bits per heavy atom. The molecule has 8 nitrogen and oxygen atoms in total. The number of carbonyl (C=O) groups is 1. The number of hydrogen-bond acceptors (Lipinski definition) is 6. The fraction of sp³-hybridized carbons (Fsp3) is 0.391. The van der Waals surface area contributed by atoms with Crippen LogP contribution < -0.4 is 14.3 Å². The molecule has 0 saturated carbocycles. The maximum absolute atomic E-state index is 13.2. The first-order chi connectivity index (χ1) is 15.9. The summed E-state index contributed by atoms with van der Waals surface area (Å²) in [5.74, 6) is 0.925. The zero-order valence-corrected chi connectivity index (χ0v) is 20.1. The molecule has 0 N–H and O–H groups in total. The van der Waals surface area contributed by atoms with Crippen LogP contribution in [0.5, 0.6) is 11.5 Å². The number of amides is 1. The van der Waals surface area contributed by atoms with Crippen LogP contribution in [-0.4, -0.2) is 49.0 Å². The van der Waals surface area contributed by atoms with Crippen LogP contribution in [0.3, 0.4) is 0 Å². The minimum atomic E-state index is -3.78. The lowest BCUT2D eigenvalue weighted by atomic mass is 10.2. The van der Waals surface area contributed by atoms with Crippen molar-refractivity contribution in [3.05, 3.63) is 46.8 Å². The highest BCUT2D eigenvalue weighted by atomic mass is 32.2. The Morgan fingerprint density at radius 3 is 2.55 bits per heavy atom. The first-order valence-electron chi connectivity index (χ1n) is 11.0. The molecular formula is C23H25N3O5S2. The van der Waals surface area contributed by atoms with Crippen LogP contribution >= 0.6 is 11.3 Å². The summed E-state index contributed by atoms with van der Waals surface area (Å²) in [5, 5.41) is 0. The first-order valence-corrected chi connectivity index (χ1v) is 13.2. The quantitative estimate of drug-likeness (QED) is 0.564. The van der Waals surface area contributed by atoms with E-state index in [0.29, 0.717) is 55.4 Å². The Balaban J connectivity index is 1.51. The van der Waals surface area contributed by atoms with Crippen LogP contribution in [0.15, 0.2) is 46.3 Å². The molecule has 0 radical (unpaired) electrons. The molecule has 174 valence electrons. The van der Waals surface area contributed by atoms with Gasteiger partial charge in [0.1, 0.15) is 19.3 Å². The summed E-state index contributed by atoms with van der Waals surface area (Å²) in [4.78, 5) is 18.4. The number of ether oxygens (including phenoxy) is 2. The molecule has 0 spiro atoms. The van der Waals surface area contributed by atoms with Crippen molar-refractivity contribution in [2.45, 2.75) is 44.2 Å². The van der Waals surface area contributed by atoms with E-state index in [1.54, 1.807) is 24.3 Å². The number of nitrogens with zero attached hydrogens (tertiary/aromatic N) is 3. The molecule has 1 aromatic heterocycles. The van der Waals surface area contributed by atoms with Gasteiger partial charge in [-0.15, -0.1) is 0 Å². The number of sulfonamides is 1. The Morgan fingerprint density at radius 1 is 1.15 bits per heavy atom. The predicted octanol–water partition coefficient (Wildman–Crippen LogP) is 3.08. The topological polar surface area (TPSA) is 90.2 Å². The fourth-order valence-corrected chi connectivity index (χ4v) is 7.05. The van der Waals surface area contributed by atoms with Crippen molar-refractivity contribution < 1.29 is 22.7 Å². The monoisotopic (exact) mass is 487 g/mol. The summed E-state index contributed by atoms with van der Waals surface area (Å²) in [6, 6.07) is 9.73. The third-order valence-corrected chi connectivity index (χ3v) is 8.95. The van der Waals surface area contributed by atoms with Crippen molar-refractivity contribution in [3.8, 4) is 11.5 Å². The molecule has 2 aliphatic heterocycles. The van der Waals surface area contributed by atoms with E-state index in [0.717, 1.165) is 15.8 Å². The van der Waals surface area contributed by atoms with Crippen molar-refractivity contribution in [2.24, 2.45) is 4.99 Å². The van der Waals surface area contributed by atoms with Gasteiger partial charge in [0.15, 0.2) is 16.3 Å². The van der Waals surface area contributed by atoms with Gasteiger partial charge in [-0.3, -0.25) is 4.79 Å². The lowest BCUT2D eigenvalue weighted by Crippen LogP contribution is -2.40. The van der Waals surface area contributed by atoms with Crippen LogP contribution in [0.2, 0.25) is 0 Å². The largest absolute Gasteiger partial charge is 0.486 e. The van der Waals surface area contributed by atoms with E-state index in [1.165, 1.54) is 15.6 Å². The number of fused-ring (bicyclic) bond motifs is 2. The molecule has 2 aromatic carbocycles. The van der Waals surface area contributed by atoms with E-state index < -0.39 is 22.0 Å². The standard InChI is InChI=1S/C23H25N3O5S2/c1-3-25-18-13-19-20(31-12-11-30-19)14-21(18)32-23(25)24-22(27)17-5-4-10-26(17)33(28,29)16-8-6-15(2)7-9-16/h6-9,13-14,17H,3-5,10-12H2,1-2H3. The Labute approximate surface area is 196 Å². The Kier molecular flexibility index (Phi) is 5.75.